The summed E-state index contributed by atoms with van der Waals surface area (Å²) in [6.45, 7) is 4.83. The molecule has 0 aliphatic heterocycles. The van der Waals surface area contributed by atoms with Crippen molar-refractivity contribution in [2.24, 2.45) is 0 Å². The van der Waals surface area contributed by atoms with Crippen LogP contribution in [0, 0.1) is 6.92 Å². The Balaban J connectivity index is 1.85. The molecule has 0 saturated heterocycles. The summed E-state index contributed by atoms with van der Waals surface area (Å²) in [7, 11) is 0. The molecule has 3 rings (SSSR count). The van der Waals surface area contributed by atoms with Gasteiger partial charge in [0.15, 0.2) is 0 Å². The lowest BCUT2D eigenvalue weighted by Crippen LogP contribution is -2.45. The van der Waals surface area contributed by atoms with E-state index in [1.165, 1.54) is 5.56 Å². The number of carbonyl (C=O) groups is 1. The molecular formula is C22H26O3. The standard InChI is InChI=1S/C22H26O3/c1-3-24-21(23)22(19-8-5-4-6-9-19)15-7-10-20(22)25-16-18-13-11-17(2)12-14-18/h4-6,8-9,11-14,20H,3,7,10,15-16H2,1-2H3. The molecule has 25 heavy (non-hydrogen) atoms. The minimum atomic E-state index is -0.692. The second-order valence-corrected chi connectivity index (χ2v) is 6.74. The molecule has 132 valence electrons. The molecule has 2 unspecified atom stereocenters. The maximum Gasteiger partial charge on any atom is 0.319 e. The highest BCUT2D eigenvalue weighted by Crippen LogP contribution is 2.44. The Morgan fingerprint density at radius 3 is 2.52 bits per heavy atom. The first kappa shape index (κ1) is 17.7. The summed E-state index contributed by atoms with van der Waals surface area (Å²) in [6.07, 6.45) is 2.45. The summed E-state index contributed by atoms with van der Waals surface area (Å²) < 4.78 is 11.7. The first-order chi connectivity index (χ1) is 12.2. The predicted octanol–water partition coefficient (Wildman–Crippen LogP) is 4.57. The summed E-state index contributed by atoms with van der Waals surface area (Å²) in [5.41, 5.74) is 2.67. The molecule has 0 bridgehead atoms. The summed E-state index contributed by atoms with van der Waals surface area (Å²) in [4.78, 5) is 12.9. The summed E-state index contributed by atoms with van der Waals surface area (Å²) in [6, 6.07) is 18.3. The lowest BCUT2D eigenvalue weighted by Gasteiger charge is -2.33. The van der Waals surface area contributed by atoms with E-state index in [9.17, 15) is 4.79 Å². The average molecular weight is 338 g/mol. The number of aryl methyl sites for hydroxylation is 1. The molecule has 0 amide bonds. The van der Waals surface area contributed by atoms with Crippen LogP contribution in [-0.4, -0.2) is 18.7 Å². The number of ether oxygens (including phenoxy) is 2. The van der Waals surface area contributed by atoms with Crippen LogP contribution in [-0.2, 0) is 26.3 Å². The number of carbonyl (C=O) groups excluding carboxylic acids is 1. The maximum atomic E-state index is 12.9. The molecular weight excluding hydrogens is 312 g/mol. The fourth-order valence-corrected chi connectivity index (χ4v) is 3.76. The molecule has 0 aromatic heterocycles. The van der Waals surface area contributed by atoms with Gasteiger partial charge in [-0.3, -0.25) is 4.79 Å². The van der Waals surface area contributed by atoms with Crippen LogP contribution in [0.25, 0.3) is 0 Å². The zero-order valence-corrected chi connectivity index (χ0v) is 15.0. The second kappa shape index (κ2) is 7.83. The SMILES string of the molecule is CCOC(=O)C1(c2ccccc2)CCCC1OCc1ccc(C)cc1. The van der Waals surface area contributed by atoms with Gasteiger partial charge in [0.25, 0.3) is 0 Å². The molecule has 0 spiro atoms. The van der Waals surface area contributed by atoms with Crippen LogP contribution in [0.15, 0.2) is 54.6 Å². The van der Waals surface area contributed by atoms with Crippen molar-refractivity contribution in [1.82, 2.24) is 0 Å². The van der Waals surface area contributed by atoms with Crippen LogP contribution in [0.3, 0.4) is 0 Å². The third kappa shape index (κ3) is 3.62. The van der Waals surface area contributed by atoms with E-state index in [2.05, 4.69) is 31.2 Å². The third-order valence-corrected chi connectivity index (χ3v) is 5.09. The normalized spacial score (nSPS) is 22.7. The van der Waals surface area contributed by atoms with Crippen LogP contribution in [0.5, 0.6) is 0 Å². The minimum absolute atomic E-state index is 0.157. The van der Waals surface area contributed by atoms with Crippen molar-refractivity contribution in [3.8, 4) is 0 Å². The van der Waals surface area contributed by atoms with Gasteiger partial charge in [0.05, 0.1) is 19.3 Å². The van der Waals surface area contributed by atoms with E-state index in [0.29, 0.717) is 13.2 Å². The lowest BCUT2D eigenvalue weighted by molar-refractivity contribution is -0.156. The van der Waals surface area contributed by atoms with Crippen molar-refractivity contribution in [3.05, 3.63) is 71.3 Å². The summed E-state index contributed by atoms with van der Waals surface area (Å²) in [5, 5.41) is 0. The van der Waals surface area contributed by atoms with Gasteiger partial charge in [-0.2, -0.15) is 0 Å². The highest BCUT2D eigenvalue weighted by molar-refractivity contribution is 5.84. The van der Waals surface area contributed by atoms with Crippen molar-refractivity contribution in [2.75, 3.05) is 6.61 Å². The second-order valence-electron chi connectivity index (χ2n) is 6.74. The minimum Gasteiger partial charge on any atom is -0.465 e. The molecule has 2 aromatic rings. The van der Waals surface area contributed by atoms with Gasteiger partial charge in [-0.15, -0.1) is 0 Å². The topological polar surface area (TPSA) is 35.5 Å². The number of esters is 1. The van der Waals surface area contributed by atoms with Crippen molar-refractivity contribution in [2.45, 2.75) is 51.2 Å². The Hall–Kier alpha value is -2.13. The molecule has 1 fully saturated rings. The van der Waals surface area contributed by atoms with Gasteiger partial charge in [-0.25, -0.2) is 0 Å². The quantitative estimate of drug-likeness (QED) is 0.724. The van der Waals surface area contributed by atoms with E-state index in [1.54, 1.807) is 0 Å². The highest BCUT2D eigenvalue weighted by atomic mass is 16.5. The van der Waals surface area contributed by atoms with Gasteiger partial charge >= 0.3 is 5.97 Å². The number of benzene rings is 2. The molecule has 0 heterocycles. The van der Waals surface area contributed by atoms with Crippen LogP contribution in [0.4, 0.5) is 0 Å². The Labute approximate surface area is 150 Å². The van der Waals surface area contributed by atoms with Gasteiger partial charge < -0.3 is 9.47 Å². The average Bonchev–Trinajstić information content (AvgIpc) is 3.07. The largest absolute Gasteiger partial charge is 0.465 e. The van der Waals surface area contributed by atoms with Crippen molar-refractivity contribution >= 4 is 5.97 Å². The molecule has 3 heteroatoms. The third-order valence-electron chi connectivity index (χ3n) is 5.09. The zero-order valence-electron chi connectivity index (χ0n) is 15.0. The molecule has 0 radical (unpaired) electrons. The van der Waals surface area contributed by atoms with E-state index < -0.39 is 5.41 Å². The van der Waals surface area contributed by atoms with Crippen LogP contribution in [0.1, 0.15) is 42.9 Å². The van der Waals surface area contributed by atoms with Gasteiger partial charge in [-0.1, -0.05) is 60.2 Å². The molecule has 0 N–H and O–H groups in total. The fraction of sp³-hybridized carbons (Fsp3) is 0.409. The van der Waals surface area contributed by atoms with Crippen LogP contribution in [0.2, 0.25) is 0 Å². The van der Waals surface area contributed by atoms with E-state index in [1.807, 2.05) is 37.3 Å². The predicted molar refractivity (Wildman–Crippen MR) is 98.4 cm³/mol. The highest BCUT2D eigenvalue weighted by Gasteiger charge is 2.52. The molecule has 2 aromatic carbocycles. The van der Waals surface area contributed by atoms with Crippen molar-refractivity contribution < 1.29 is 14.3 Å². The van der Waals surface area contributed by atoms with Gasteiger partial charge in [0.2, 0.25) is 0 Å². The van der Waals surface area contributed by atoms with E-state index >= 15 is 0 Å². The number of hydrogen-bond donors (Lipinski definition) is 0. The van der Waals surface area contributed by atoms with Gasteiger partial charge in [0.1, 0.15) is 5.41 Å². The number of rotatable bonds is 6. The van der Waals surface area contributed by atoms with Gasteiger partial charge in [-0.05, 0) is 44.2 Å². The molecule has 3 nitrogen and oxygen atoms in total. The summed E-state index contributed by atoms with van der Waals surface area (Å²) in [5.74, 6) is -0.160. The fourth-order valence-electron chi connectivity index (χ4n) is 3.76. The molecule has 1 saturated carbocycles. The van der Waals surface area contributed by atoms with Crippen molar-refractivity contribution in [1.29, 1.82) is 0 Å². The maximum absolute atomic E-state index is 12.9. The van der Waals surface area contributed by atoms with Crippen LogP contribution < -0.4 is 0 Å². The van der Waals surface area contributed by atoms with E-state index in [-0.39, 0.29) is 12.1 Å². The Morgan fingerprint density at radius 1 is 1.12 bits per heavy atom. The molecule has 1 aliphatic rings. The first-order valence-electron chi connectivity index (χ1n) is 9.06. The monoisotopic (exact) mass is 338 g/mol. The summed E-state index contributed by atoms with van der Waals surface area (Å²) >= 11 is 0. The Kier molecular flexibility index (Phi) is 5.54. The smallest absolute Gasteiger partial charge is 0.319 e. The Morgan fingerprint density at radius 2 is 1.84 bits per heavy atom. The van der Waals surface area contributed by atoms with Gasteiger partial charge in [0, 0.05) is 0 Å². The van der Waals surface area contributed by atoms with E-state index in [0.717, 1.165) is 30.4 Å². The first-order valence-corrected chi connectivity index (χ1v) is 9.06. The van der Waals surface area contributed by atoms with Crippen molar-refractivity contribution in [3.63, 3.8) is 0 Å². The molecule has 2 atom stereocenters. The molecule has 1 aliphatic carbocycles. The lowest BCUT2D eigenvalue weighted by atomic mass is 9.77. The Bertz CT molecular complexity index is 693. The van der Waals surface area contributed by atoms with Crippen LogP contribution >= 0.6 is 0 Å². The number of hydrogen-bond acceptors (Lipinski definition) is 3. The van der Waals surface area contributed by atoms with E-state index in [4.69, 9.17) is 9.47 Å². The zero-order chi connectivity index (χ0) is 17.7.